The molecule has 0 radical (unpaired) electrons. The first kappa shape index (κ1) is 33.7. The molecule has 1 heterocycles. The third-order valence-corrected chi connectivity index (χ3v) is 9.70. The highest BCUT2D eigenvalue weighted by Gasteiger charge is 2.36. The molecule has 0 aromatic heterocycles. The summed E-state index contributed by atoms with van der Waals surface area (Å²) in [7, 11) is 0. The molecule has 0 spiro atoms. The predicted octanol–water partition coefficient (Wildman–Crippen LogP) is 11.0. The van der Waals surface area contributed by atoms with Gasteiger partial charge in [-0.3, -0.25) is 0 Å². The molecule has 6 rings (SSSR count). The maximum atomic E-state index is 6.56. The van der Waals surface area contributed by atoms with Crippen molar-refractivity contribution < 1.29 is 14.2 Å². The first-order valence-electron chi connectivity index (χ1n) is 17.9. The summed E-state index contributed by atoms with van der Waals surface area (Å²) >= 11 is 0. The zero-order valence-corrected chi connectivity index (χ0v) is 28.5. The third kappa shape index (κ3) is 9.46. The average molecular weight is 639 g/mol. The monoisotopic (exact) mass is 638 g/mol. The van der Waals surface area contributed by atoms with Gasteiger partial charge in [0.25, 0.3) is 0 Å². The van der Waals surface area contributed by atoms with Gasteiger partial charge in [-0.05, 0) is 77.1 Å². The summed E-state index contributed by atoms with van der Waals surface area (Å²) in [4.78, 5) is 0. The molecular formula is C45H50O3. The number of ether oxygens (including phenoxy) is 3. The second kappa shape index (κ2) is 17.3. The van der Waals surface area contributed by atoms with Crippen molar-refractivity contribution in [1.82, 2.24) is 0 Å². The van der Waals surface area contributed by atoms with Gasteiger partial charge in [0.2, 0.25) is 0 Å². The molecule has 3 heteroatoms. The van der Waals surface area contributed by atoms with E-state index in [0.717, 1.165) is 69.8 Å². The number of benzene rings is 5. The second-order valence-corrected chi connectivity index (χ2v) is 13.4. The van der Waals surface area contributed by atoms with Crippen LogP contribution in [0, 0.1) is 5.41 Å². The Morgan fingerprint density at radius 3 is 1.62 bits per heavy atom. The fourth-order valence-corrected chi connectivity index (χ4v) is 6.43. The van der Waals surface area contributed by atoms with E-state index in [9.17, 15) is 0 Å². The van der Waals surface area contributed by atoms with Crippen LogP contribution >= 0.6 is 0 Å². The minimum absolute atomic E-state index is 0.281. The van der Waals surface area contributed by atoms with Crippen LogP contribution in [0.15, 0.2) is 127 Å². The first-order chi connectivity index (χ1) is 23.7. The Labute approximate surface area is 287 Å². The maximum Gasteiger partial charge on any atom is 0.127 e. The Kier molecular flexibility index (Phi) is 12.1. The number of unbranched alkanes of at least 4 members (excludes halogenated alkanes) is 4. The molecule has 5 aromatic rings. The van der Waals surface area contributed by atoms with Gasteiger partial charge in [0.1, 0.15) is 5.75 Å². The third-order valence-electron chi connectivity index (χ3n) is 9.70. The van der Waals surface area contributed by atoms with Crippen LogP contribution in [0.3, 0.4) is 0 Å². The van der Waals surface area contributed by atoms with Gasteiger partial charge < -0.3 is 14.2 Å². The molecule has 48 heavy (non-hydrogen) atoms. The van der Waals surface area contributed by atoms with Crippen molar-refractivity contribution in [3.8, 4) is 28.0 Å². The first-order valence-corrected chi connectivity index (χ1v) is 17.9. The van der Waals surface area contributed by atoms with Crippen molar-refractivity contribution in [3.63, 3.8) is 0 Å². The largest absolute Gasteiger partial charge is 0.493 e. The Balaban J connectivity index is 1.06. The lowest BCUT2D eigenvalue weighted by Crippen LogP contribution is -2.45. The van der Waals surface area contributed by atoms with Crippen LogP contribution in [0.4, 0.5) is 0 Å². The molecule has 0 bridgehead atoms. The summed E-state index contributed by atoms with van der Waals surface area (Å²) in [5.74, 6) is 0.954. The van der Waals surface area contributed by atoms with Crippen molar-refractivity contribution in [2.24, 2.45) is 5.41 Å². The van der Waals surface area contributed by atoms with Gasteiger partial charge >= 0.3 is 0 Å². The molecule has 0 atom stereocenters. The molecule has 0 aliphatic carbocycles. The van der Waals surface area contributed by atoms with Crippen LogP contribution in [0.25, 0.3) is 22.3 Å². The summed E-state index contributed by atoms with van der Waals surface area (Å²) in [6, 6.07) is 45.9. The summed E-state index contributed by atoms with van der Waals surface area (Å²) in [5.41, 5.74) is 10.3. The molecular weight excluding hydrogens is 588 g/mol. The fourth-order valence-electron chi connectivity index (χ4n) is 6.43. The highest BCUT2D eigenvalue weighted by atomic mass is 16.5. The van der Waals surface area contributed by atoms with Gasteiger partial charge in [-0.2, -0.15) is 0 Å². The van der Waals surface area contributed by atoms with Crippen LogP contribution in [0.5, 0.6) is 5.75 Å². The van der Waals surface area contributed by atoms with Crippen molar-refractivity contribution >= 4 is 0 Å². The smallest absolute Gasteiger partial charge is 0.127 e. The van der Waals surface area contributed by atoms with E-state index in [2.05, 4.69) is 134 Å². The molecule has 0 saturated carbocycles. The lowest BCUT2D eigenvalue weighted by Gasteiger charge is -2.40. The normalized spacial score (nSPS) is 13.6. The molecule has 0 amide bonds. The molecule has 248 valence electrons. The topological polar surface area (TPSA) is 27.7 Å². The highest BCUT2D eigenvalue weighted by Crippen LogP contribution is 2.35. The molecule has 1 saturated heterocycles. The predicted molar refractivity (Wildman–Crippen MR) is 199 cm³/mol. The van der Waals surface area contributed by atoms with E-state index in [-0.39, 0.29) is 5.41 Å². The van der Waals surface area contributed by atoms with E-state index in [1.165, 1.54) is 58.2 Å². The minimum Gasteiger partial charge on any atom is -0.493 e. The fraction of sp³-hybridized carbons (Fsp3) is 0.333. The van der Waals surface area contributed by atoms with E-state index in [0.29, 0.717) is 6.61 Å². The molecule has 0 N–H and O–H groups in total. The highest BCUT2D eigenvalue weighted by molar-refractivity contribution is 5.76. The van der Waals surface area contributed by atoms with Crippen molar-refractivity contribution in [3.05, 3.63) is 150 Å². The van der Waals surface area contributed by atoms with Crippen molar-refractivity contribution in [2.75, 3.05) is 33.0 Å². The summed E-state index contributed by atoms with van der Waals surface area (Å²) in [5, 5.41) is 0. The summed E-state index contributed by atoms with van der Waals surface area (Å²) in [6.07, 6.45) is 8.76. The standard InChI is InChI=1S/C45H50O3/c1-2-45(34-47-35-45)33-46-28-12-4-3-5-13-29-48-44-32-42(40-22-18-38(19-23-40)30-36-14-8-6-9-15-36)26-27-43(44)41-24-20-39(21-25-41)31-37-16-10-7-11-17-37/h6-11,14-27,32H,2-5,12-13,28-31,33-35H2,1H3. The van der Waals surface area contributed by atoms with Gasteiger partial charge in [-0.15, -0.1) is 0 Å². The molecule has 0 unspecified atom stereocenters. The van der Waals surface area contributed by atoms with E-state index in [1.54, 1.807) is 0 Å². The lowest BCUT2D eigenvalue weighted by atomic mass is 9.84. The minimum atomic E-state index is 0.281. The summed E-state index contributed by atoms with van der Waals surface area (Å²) < 4.78 is 18.0. The SMILES string of the molecule is CCC1(COCCCCCCCOc2cc(-c3ccc(Cc4ccccc4)cc3)ccc2-c2ccc(Cc3ccccc3)cc2)COC1. The van der Waals surface area contributed by atoms with Gasteiger partial charge in [0.05, 0.1) is 26.4 Å². The van der Waals surface area contributed by atoms with E-state index in [4.69, 9.17) is 14.2 Å². The van der Waals surface area contributed by atoms with E-state index in [1.807, 2.05) is 0 Å². The van der Waals surface area contributed by atoms with Gasteiger partial charge in [-0.25, -0.2) is 0 Å². The van der Waals surface area contributed by atoms with E-state index < -0.39 is 0 Å². The number of rotatable bonds is 18. The lowest BCUT2D eigenvalue weighted by molar-refractivity contribution is -0.150. The maximum absolute atomic E-state index is 6.56. The second-order valence-electron chi connectivity index (χ2n) is 13.4. The molecule has 5 aromatic carbocycles. The molecule has 1 aliphatic heterocycles. The Morgan fingerprint density at radius 2 is 1.06 bits per heavy atom. The van der Waals surface area contributed by atoms with Crippen LogP contribution < -0.4 is 4.74 Å². The molecule has 3 nitrogen and oxygen atoms in total. The zero-order valence-electron chi connectivity index (χ0n) is 28.5. The zero-order chi connectivity index (χ0) is 32.9. The molecule has 1 aliphatic rings. The van der Waals surface area contributed by atoms with Crippen LogP contribution in [0.2, 0.25) is 0 Å². The Hall–Kier alpha value is -4.18. The van der Waals surface area contributed by atoms with Crippen molar-refractivity contribution in [1.29, 1.82) is 0 Å². The quantitative estimate of drug-likeness (QED) is 0.0894. The Bertz CT molecular complexity index is 1650. The number of hydrogen-bond acceptors (Lipinski definition) is 3. The van der Waals surface area contributed by atoms with E-state index >= 15 is 0 Å². The van der Waals surface area contributed by atoms with Crippen molar-refractivity contribution in [2.45, 2.75) is 58.3 Å². The van der Waals surface area contributed by atoms with Gasteiger partial charge in [0.15, 0.2) is 0 Å². The Morgan fingerprint density at radius 1 is 0.542 bits per heavy atom. The van der Waals surface area contributed by atoms with Crippen LogP contribution in [0.1, 0.15) is 67.7 Å². The van der Waals surface area contributed by atoms with Crippen LogP contribution in [-0.4, -0.2) is 33.0 Å². The van der Waals surface area contributed by atoms with Gasteiger partial charge in [-0.1, -0.05) is 148 Å². The average Bonchev–Trinajstić information content (AvgIpc) is 3.12. The van der Waals surface area contributed by atoms with Gasteiger partial charge in [0, 0.05) is 17.6 Å². The van der Waals surface area contributed by atoms with Crippen LogP contribution in [-0.2, 0) is 22.3 Å². The molecule has 1 fully saturated rings. The number of hydrogen-bond donors (Lipinski definition) is 0. The summed E-state index contributed by atoms with van der Waals surface area (Å²) in [6.45, 7) is 6.36.